The van der Waals surface area contributed by atoms with Gasteiger partial charge in [0.25, 0.3) is 10.9 Å². The summed E-state index contributed by atoms with van der Waals surface area (Å²) in [5.74, 6) is 0. The van der Waals surface area contributed by atoms with Gasteiger partial charge in [-0.25, -0.2) is 0 Å². The Balaban J connectivity index is 1.52. The van der Waals surface area contributed by atoms with E-state index in [4.69, 9.17) is 0 Å². The fourth-order valence-corrected chi connectivity index (χ4v) is 5.16. The van der Waals surface area contributed by atoms with Crippen LogP contribution in [0.4, 0.5) is 37.7 Å². The van der Waals surface area contributed by atoms with E-state index in [0.717, 1.165) is 51.6 Å². The molecule has 5 nitrogen and oxygen atoms in total. The third-order valence-corrected chi connectivity index (χ3v) is 6.95. The lowest BCUT2D eigenvalue weighted by Crippen LogP contribution is -2.52. The molecule has 1 saturated heterocycles. The molecular formula is C24H27F6N3O2. The van der Waals surface area contributed by atoms with E-state index in [1.165, 1.54) is 6.42 Å². The molecule has 0 radical (unpaired) electrons. The summed E-state index contributed by atoms with van der Waals surface area (Å²) in [7, 11) is 0. The molecule has 0 bridgehead atoms. The molecule has 2 fully saturated rings. The summed E-state index contributed by atoms with van der Waals surface area (Å²) in [4.78, 5) is 26.9. The molecule has 2 aromatic rings. The molecule has 2 unspecified atom stereocenters. The highest BCUT2D eigenvalue weighted by atomic mass is 19.4. The van der Waals surface area contributed by atoms with Crippen LogP contribution in [0, 0.1) is 0 Å². The summed E-state index contributed by atoms with van der Waals surface area (Å²) >= 11 is 0. The van der Waals surface area contributed by atoms with Gasteiger partial charge in [-0.05, 0) is 62.5 Å². The molecule has 2 atom stereocenters. The van der Waals surface area contributed by atoms with Crippen LogP contribution >= 0.6 is 0 Å². The fraction of sp³-hybridized carbons (Fsp3) is 0.583. The molecular weight excluding hydrogens is 476 g/mol. The van der Waals surface area contributed by atoms with Crippen molar-refractivity contribution in [2.45, 2.75) is 75.9 Å². The maximum absolute atomic E-state index is 13.1. The van der Waals surface area contributed by atoms with Gasteiger partial charge in [0.15, 0.2) is 0 Å². The van der Waals surface area contributed by atoms with Crippen LogP contribution in [0.2, 0.25) is 0 Å². The first-order chi connectivity index (χ1) is 16.4. The number of halogens is 6. The number of hydrogen-bond donors (Lipinski definition) is 2. The fourth-order valence-electron chi connectivity index (χ4n) is 5.16. The van der Waals surface area contributed by atoms with Crippen molar-refractivity contribution in [3.05, 3.63) is 55.3 Å². The van der Waals surface area contributed by atoms with Gasteiger partial charge in [-0.15, -0.1) is 0 Å². The van der Waals surface area contributed by atoms with Crippen LogP contribution in [0.5, 0.6) is 0 Å². The molecule has 1 aliphatic carbocycles. The first-order valence-electron chi connectivity index (χ1n) is 11.8. The first-order valence-corrected chi connectivity index (χ1v) is 11.8. The van der Waals surface area contributed by atoms with E-state index in [9.17, 15) is 35.9 Å². The van der Waals surface area contributed by atoms with Crippen LogP contribution in [0.15, 0.2) is 27.8 Å². The Morgan fingerprint density at radius 2 is 1.34 bits per heavy atom. The molecule has 1 aliphatic heterocycles. The van der Waals surface area contributed by atoms with E-state index < -0.39 is 40.9 Å². The molecule has 2 aromatic carbocycles. The number of nitrogens with zero attached hydrogens (tertiary/aromatic N) is 1. The molecule has 0 amide bonds. The Labute approximate surface area is 198 Å². The lowest BCUT2D eigenvalue weighted by atomic mass is 9.87. The predicted octanol–water partition coefficient (Wildman–Crippen LogP) is 5.14. The minimum absolute atomic E-state index is 0.0532. The van der Waals surface area contributed by atoms with E-state index in [0.29, 0.717) is 12.1 Å². The van der Waals surface area contributed by atoms with Gasteiger partial charge in [0.1, 0.15) is 11.4 Å². The predicted molar refractivity (Wildman–Crippen MR) is 120 cm³/mol. The van der Waals surface area contributed by atoms with Crippen LogP contribution in [0.25, 0.3) is 0 Å². The SMILES string of the molecule is O=c1c(NCc2cc(C(F)(F)F)cc(C(F)(F)F)c2)c(NC2CCCCC2N2CCCCC2)c1=O. The van der Waals surface area contributed by atoms with E-state index in [-0.39, 0.29) is 35.1 Å². The van der Waals surface area contributed by atoms with Crippen molar-refractivity contribution in [2.75, 3.05) is 23.7 Å². The van der Waals surface area contributed by atoms with E-state index in [1.807, 2.05) is 0 Å². The minimum atomic E-state index is -4.96. The third-order valence-electron chi connectivity index (χ3n) is 6.95. The lowest BCUT2D eigenvalue weighted by Gasteiger charge is -2.42. The highest BCUT2D eigenvalue weighted by Gasteiger charge is 2.37. The lowest BCUT2D eigenvalue weighted by molar-refractivity contribution is -0.143. The molecule has 2 aliphatic rings. The highest BCUT2D eigenvalue weighted by Crippen LogP contribution is 2.36. The maximum Gasteiger partial charge on any atom is 0.416 e. The van der Waals surface area contributed by atoms with E-state index >= 15 is 0 Å². The molecule has 11 heteroatoms. The van der Waals surface area contributed by atoms with Crippen LogP contribution in [0.1, 0.15) is 61.6 Å². The van der Waals surface area contributed by atoms with Gasteiger partial charge >= 0.3 is 12.4 Å². The van der Waals surface area contributed by atoms with Gasteiger partial charge < -0.3 is 10.6 Å². The number of hydrogen-bond acceptors (Lipinski definition) is 5. The molecule has 1 heterocycles. The summed E-state index contributed by atoms with van der Waals surface area (Å²) in [5.41, 5.74) is -4.75. The summed E-state index contributed by atoms with van der Waals surface area (Å²) in [6, 6.07) is 1.41. The number of likely N-dealkylation sites (tertiary alicyclic amines) is 1. The normalized spacial score (nSPS) is 22.3. The summed E-state index contributed by atoms with van der Waals surface area (Å²) < 4.78 is 78.8. The molecule has 35 heavy (non-hydrogen) atoms. The Hall–Kier alpha value is -2.56. The van der Waals surface area contributed by atoms with Gasteiger partial charge in [0.05, 0.1) is 11.1 Å². The van der Waals surface area contributed by atoms with Gasteiger partial charge in [-0.3, -0.25) is 14.5 Å². The number of rotatable bonds is 6. The van der Waals surface area contributed by atoms with Crippen LogP contribution in [0.3, 0.4) is 0 Å². The zero-order valence-corrected chi connectivity index (χ0v) is 19.0. The van der Waals surface area contributed by atoms with Gasteiger partial charge in [-0.2, -0.15) is 26.3 Å². The second-order valence-corrected chi connectivity index (χ2v) is 9.38. The van der Waals surface area contributed by atoms with Crippen molar-refractivity contribution < 1.29 is 26.3 Å². The average Bonchev–Trinajstić information content (AvgIpc) is 2.82. The van der Waals surface area contributed by atoms with Crippen LogP contribution < -0.4 is 21.5 Å². The number of anilines is 2. The minimum Gasteiger partial charge on any atom is -0.376 e. The average molecular weight is 503 g/mol. The number of alkyl halides is 6. The molecule has 2 N–H and O–H groups in total. The van der Waals surface area contributed by atoms with Gasteiger partial charge in [0.2, 0.25) is 0 Å². The second-order valence-electron chi connectivity index (χ2n) is 9.38. The zero-order chi connectivity index (χ0) is 25.4. The number of piperidine rings is 1. The van der Waals surface area contributed by atoms with E-state index in [1.54, 1.807) is 0 Å². The molecule has 192 valence electrons. The monoisotopic (exact) mass is 503 g/mol. The van der Waals surface area contributed by atoms with Crippen molar-refractivity contribution in [2.24, 2.45) is 0 Å². The molecule has 0 spiro atoms. The van der Waals surface area contributed by atoms with Crippen molar-refractivity contribution in [1.29, 1.82) is 0 Å². The number of benzene rings is 1. The molecule has 4 rings (SSSR count). The summed E-state index contributed by atoms with van der Waals surface area (Å²) in [6.07, 6.45) is -2.75. The third kappa shape index (κ3) is 5.65. The molecule has 0 aromatic heterocycles. The van der Waals surface area contributed by atoms with Gasteiger partial charge in [-0.1, -0.05) is 19.3 Å². The van der Waals surface area contributed by atoms with Crippen LogP contribution in [-0.2, 0) is 18.9 Å². The van der Waals surface area contributed by atoms with Gasteiger partial charge in [0, 0.05) is 18.6 Å². The Morgan fingerprint density at radius 3 is 1.94 bits per heavy atom. The highest BCUT2D eigenvalue weighted by molar-refractivity contribution is 5.74. The quantitative estimate of drug-likeness (QED) is 0.422. The Bertz CT molecular complexity index is 1080. The smallest absolute Gasteiger partial charge is 0.376 e. The second kappa shape index (κ2) is 9.83. The van der Waals surface area contributed by atoms with Crippen molar-refractivity contribution in [3.8, 4) is 0 Å². The largest absolute Gasteiger partial charge is 0.416 e. The van der Waals surface area contributed by atoms with Crippen molar-refractivity contribution in [1.82, 2.24) is 4.90 Å². The summed E-state index contributed by atoms with van der Waals surface area (Å²) in [5, 5.41) is 5.79. The molecule has 1 saturated carbocycles. The Kier molecular flexibility index (Phi) is 7.17. The summed E-state index contributed by atoms with van der Waals surface area (Å²) in [6.45, 7) is 1.47. The zero-order valence-electron chi connectivity index (χ0n) is 19.0. The topological polar surface area (TPSA) is 61.4 Å². The van der Waals surface area contributed by atoms with E-state index in [2.05, 4.69) is 15.5 Å². The van der Waals surface area contributed by atoms with Crippen molar-refractivity contribution >= 4 is 11.4 Å². The Morgan fingerprint density at radius 1 is 0.771 bits per heavy atom. The maximum atomic E-state index is 13.1. The van der Waals surface area contributed by atoms with Crippen molar-refractivity contribution in [3.63, 3.8) is 0 Å². The standard InChI is InChI=1S/C24H27F6N3O2/c25-23(26,27)15-10-14(11-16(12-15)24(28,29)30)13-31-19-20(22(35)21(19)34)32-17-6-2-3-7-18(17)33-8-4-1-5-9-33/h10-12,17-18,31-32H,1-9,13H2. The number of nitrogens with one attached hydrogen (secondary N) is 2. The van der Waals surface area contributed by atoms with Crippen LogP contribution in [-0.4, -0.2) is 30.1 Å². The first kappa shape index (κ1) is 25.5.